The maximum Gasteiger partial charge on any atom is 0.416 e. The van der Waals surface area contributed by atoms with E-state index < -0.39 is 51.8 Å². The van der Waals surface area contributed by atoms with Crippen molar-refractivity contribution in [1.29, 1.82) is 0 Å². The summed E-state index contributed by atoms with van der Waals surface area (Å²) in [5.74, 6) is 0.565. The molecule has 0 spiro atoms. The molecule has 1 atom stereocenters. The fraction of sp³-hybridized carbons (Fsp3) is 0.324. The summed E-state index contributed by atoms with van der Waals surface area (Å²) in [6.07, 6.45) is 0.275. The van der Waals surface area contributed by atoms with Crippen LogP contribution in [0, 0.1) is 33.7 Å². The van der Waals surface area contributed by atoms with Gasteiger partial charge in [0.15, 0.2) is 18.5 Å². The van der Waals surface area contributed by atoms with Crippen LogP contribution >= 0.6 is 23.1 Å². The number of anilines is 1. The Balaban J connectivity index is 0.000000220. The Kier molecular flexibility index (Phi) is 12.6. The fourth-order valence-corrected chi connectivity index (χ4v) is 6.54. The average molecular weight is 834 g/mol. The second-order valence-corrected chi connectivity index (χ2v) is 14.3. The van der Waals surface area contributed by atoms with Gasteiger partial charge < -0.3 is 23.5 Å². The molecule has 57 heavy (non-hydrogen) atoms. The smallest absolute Gasteiger partial charge is 0.416 e. The molecule has 2 aliphatic heterocycles. The second kappa shape index (κ2) is 17.0. The van der Waals surface area contributed by atoms with Gasteiger partial charge in [-0.3, -0.25) is 19.8 Å². The summed E-state index contributed by atoms with van der Waals surface area (Å²) in [4.78, 5) is 52.9. The van der Waals surface area contributed by atoms with Crippen LogP contribution in [0.15, 0.2) is 53.5 Å². The molecular formula is C37H32ClF4N5O9S. The number of alkyl halides is 3. The molecule has 3 aromatic carbocycles. The summed E-state index contributed by atoms with van der Waals surface area (Å²) in [6, 6.07) is 8.13. The van der Waals surface area contributed by atoms with Crippen LogP contribution in [0.3, 0.4) is 0 Å². The maximum absolute atomic E-state index is 14.5. The monoisotopic (exact) mass is 833 g/mol. The second-order valence-electron chi connectivity index (χ2n) is 13.1. The van der Waals surface area contributed by atoms with Gasteiger partial charge in [0.2, 0.25) is 4.80 Å². The van der Waals surface area contributed by atoms with Crippen LogP contribution in [0.1, 0.15) is 49.4 Å². The first-order valence-corrected chi connectivity index (χ1v) is 18.0. The first-order chi connectivity index (χ1) is 26.8. The minimum absolute atomic E-state index is 0.0398. The number of nitro benzene ring substituents is 1. The van der Waals surface area contributed by atoms with Gasteiger partial charge in [0.05, 0.1) is 34.3 Å². The molecule has 1 aromatic heterocycles. The topological polar surface area (TPSA) is 165 Å². The molecule has 300 valence electrons. The zero-order valence-corrected chi connectivity index (χ0v) is 32.1. The molecule has 0 bridgehead atoms. The van der Waals surface area contributed by atoms with Gasteiger partial charge >= 0.3 is 18.1 Å². The van der Waals surface area contributed by atoms with E-state index in [2.05, 4.69) is 29.1 Å². The number of carbonyl (C=O) groups is 3. The van der Waals surface area contributed by atoms with Gasteiger partial charge in [0, 0.05) is 42.7 Å². The highest BCUT2D eigenvalue weighted by molar-refractivity contribution is 7.02. The number of ether oxygens (including phenoxy) is 4. The standard InChI is InChI=1S/C19H15ClF3NO7.C18H17FN4O2S/c1-3-29-17(25)10(2)30-18(26)13-9-12(5-6-15(13)24(27)28)31-16-7-4-11(8-14(16)20)19(21,22)23;1-4-5-22-13-7-12(11(19)6-14(13)25-9-16(22)24)20-17-23-10-18(2,3)8-15(23)21-26-17/h4-10H,3H2,1-2H3;1,6-7H,5,8-10H2,2-3H3/b;20-17-. The number of carbonyl (C=O) groups excluding carboxylic acids is 3. The first-order valence-electron chi connectivity index (χ1n) is 16.8. The van der Waals surface area contributed by atoms with Crippen LogP contribution in [-0.2, 0) is 38.2 Å². The summed E-state index contributed by atoms with van der Waals surface area (Å²) in [5.41, 5.74) is -1.49. The van der Waals surface area contributed by atoms with Crippen LogP contribution in [0.5, 0.6) is 17.2 Å². The van der Waals surface area contributed by atoms with Crippen LogP contribution in [0.2, 0.25) is 5.02 Å². The number of esters is 2. The third-order valence-corrected chi connectivity index (χ3v) is 9.28. The van der Waals surface area contributed by atoms with Crippen molar-refractivity contribution in [3.63, 3.8) is 0 Å². The lowest BCUT2D eigenvalue weighted by atomic mass is 9.92. The Labute approximate surface area is 330 Å². The zero-order valence-electron chi connectivity index (χ0n) is 30.5. The zero-order chi connectivity index (χ0) is 41.8. The summed E-state index contributed by atoms with van der Waals surface area (Å²) in [5, 5.41) is 10.9. The molecule has 4 aromatic rings. The highest BCUT2D eigenvalue weighted by Gasteiger charge is 2.33. The van der Waals surface area contributed by atoms with Crippen LogP contribution in [0.25, 0.3) is 0 Å². The predicted molar refractivity (Wildman–Crippen MR) is 197 cm³/mol. The summed E-state index contributed by atoms with van der Waals surface area (Å²) >= 11 is 7.07. The first kappa shape index (κ1) is 42.1. The van der Waals surface area contributed by atoms with Crippen molar-refractivity contribution in [2.24, 2.45) is 10.4 Å². The quantitative estimate of drug-likeness (QED) is 0.0545. The van der Waals surface area contributed by atoms with Crippen molar-refractivity contribution < 1.29 is 55.8 Å². The van der Waals surface area contributed by atoms with Crippen molar-refractivity contribution in [3.8, 4) is 29.6 Å². The van der Waals surface area contributed by atoms with Crippen molar-refractivity contribution in [3.05, 3.63) is 91.2 Å². The van der Waals surface area contributed by atoms with E-state index in [-0.39, 0.29) is 53.3 Å². The number of nitrogens with zero attached hydrogens (tertiary/aromatic N) is 5. The number of hydrogen-bond donors (Lipinski definition) is 0. The SMILES string of the molecule is C#CCN1C(=O)COc2cc(F)c(/N=c3\snc4n3CC(C)(C)C4)cc21.CCOC(=O)C(C)OC(=O)c1cc(Oc2ccc(C(F)(F)F)cc2Cl)ccc1[N+](=O)[O-]. The van der Waals surface area contributed by atoms with Gasteiger partial charge in [0.1, 0.15) is 34.3 Å². The van der Waals surface area contributed by atoms with Crippen molar-refractivity contribution in [1.82, 2.24) is 8.94 Å². The minimum Gasteiger partial charge on any atom is -0.481 e. The largest absolute Gasteiger partial charge is 0.481 e. The number of halogens is 5. The number of amides is 1. The molecule has 0 N–H and O–H groups in total. The highest BCUT2D eigenvalue weighted by atomic mass is 35.5. The molecule has 6 rings (SSSR count). The van der Waals surface area contributed by atoms with Crippen LogP contribution in [-0.4, -0.2) is 57.6 Å². The van der Waals surface area contributed by atoms with E-state index in [0.29, 0.717) is 22.3 Å². The molecule has 3 heterocycles. The number of terminal acetylenes is 1. The lowest BCUT2D eigenvalue weighted by Gasteiger charge is -2.28. The van der Waals surface area contributed by atoms with E-state index in [1.54, 1.807) is 6.92 Å². The van der Waals surface area contributed by atoms with Gasteiger partial charge in [-0.1, -0.05) is 31.4 Å². The molecule has 1 amide bonds. The lowest BCUT2D eigenvalue weighted by molar-refractivity contribution is -0.385. The van der Waals surface area contributed by atoms with Crippen LogP contribution in [0.4, 0.5) is 34.6 Å². The Morgan fingerprint density at radius 1 is 1.21 bits per heavy atom. The highest BCUT2D eigenvalue weighted by Crippen LogP contribution is 2.39. The Hall–Kier alpha value is -6.00. The Morgan fingerprint density at radius 2 is 1.95 bits per heavy atom. The molecular weight excluding hydrogens is 802 g/mol. The molecule has 2 aliphatic rings. The average Bonchev–Trinajstić information content (AvgIpc) is 3.65. The van der Waals surface area contributed by atoms with Crippen molar-refractivity contribution in [2.75, 3.05) is 24.7 Å². The minimum atomic E-state index is -4.61. The third kappa shape index (κ3) is 9.88. The molecule has 0 saturated carbocycles. The molecule has 14 nitrogen and oxygen atoms in total. The van der Waals surface area contributed by atoms with E-state index in [0.717, 1.165) is 49.1 Å². The Morgan fingerprint density at radius 3 is 2.60 bits per heavy atom. The van der Waals surface area contributed by atoms with Crippen LogP contribution < -0.4 is 19.2 Å². The normalized spacial score (nSPS) is 14.9. The van der Waals surface area contributed by atoms with Gasteiger partial charge in [-0.15, -0.1) is 6.42 Å². The molecule has 20 heteroatoms. The van der Waals surface area contributed by atoms with Gasteiger partial charge in [-0.05, 0) is 49.6 Å². The summed E-state index contributed by atoms with van der Waals surface area (Å²) in [6.45, 7) is 7.87. The number of hydrogen-bond acceptors (Lipinski definition) is 12. The number of nitro groups is 1. The molecule has 1 unspecified atom stereocenters. The van der Waals surface area contributed by atoms with E-state index in [1.165, 1.54) is 35.5 Å². The molecule has 0 fully saturated rings. The van der Waals surface area contributed by atoms with Gasteiger partial charge in [0.25, 0.3) is 11.6 Å². The molecule has 0 radical (unpaired) electrons. The van der Waals surface area contributed by atoms with Crippen molar-refractivity contribution >= 4 is 58.0 Å². The van der Waals surface area contributed by atoms with E-state index in [9.17, 15) is 42.1 Å². The third-order valence-electron chi connectivity index (χ3n) is 8.21. The van der Waals surface area contributed by atoms with Gasteiger partial charge in [-0.2, -0.15) is 17.5 Å². The Bertz CT molecular complexity index is 2360. The van der Waals surface area contributed by atoms with E-state index in [1.807, 2.05) is 4.57 Å². The summed E-state index contributed by atoms with van der Waals surface area (Å²) in [7, 11) is 0. The van der Waals surface area contributed by atoms with Gasteiger partial charge in [-0.25, -0.2) is 19.0 Å². The van der Waals surface area contributed by atoms with Crippen molar-refractivity contribution in [2.45, 2.75) is 52.9 Å². The number of aromatic nitrogens is 2. The number of benzene rings is 3. The number of fused-ring (bicyclic) bond motifs is 2. The maximum atomic E-state index is 14.5. The molecule has 0 aliphatic carbocycles. The molecule has 0 saturated heterocycles. The van der Waals surface area contributed by atoms with E-state index >= 15 is 0 Å². The number of rotatable bonds is 9. The fourth-order valence-electron chi connectivity index (χ4n) is 5.57. The predicted octanol–water partition coefficient (Wildman–Crippen LogP) is 7.42. The lowest BCUT2D eigenvalue weighted by Crippen LogP contribution is -2.39. The summed E-state index contributed by atoms with van der Waals surface area (Å²) < 4.78 is 79.5. The van der Waals surface area contributed by atoms with E-state index in [4.69, 9.17) is 37.0 Å².